The zero-order valence-electron chi connectivity index (χ0n) is 15.9. The monoisotopic (exact) mass is 444 g/mol. The summed E-state index contributed by atoms with van der Waals surface area (Å²) in [4.78, 5) is 24.1. The Kier molecular flexibility index (Phi) is 5.40. The number of carbonyl (C=O) groups is 1. The Morgan fingerprint density at radius 3 is 2.60 bits per heavy atom. The number of halogens is 1. The van der Waals surface area contributed by atoms with Crippen LogP contribution in [0, 0.1) is 0 Å². The van der Waals surface area contributed by atoms with Gasteiger partial charge in [-0.05, 0) is 49.2 Å². The van der Waals surface area contributed by atoms with Gasteiger partial charge in [-0.1, -0.05) is 11.6 Å². The highest BCUT2D eigenvalue weighted by Gasteiger charge is 2.24. The molecule has 0 radical (unpaired) electrons. The van der Waals surface area contributed by atoms with E-state index in [4.69, 9.17) is 11.6 Å². The average molecular weight is 445 g/mol. The predicted molar refractivity (Wildman–Crippen MR) is 112 cm³/mol. The van der Waals surface area contributed by atoms with E-state index < -0.39 is 10.0 Å². The minimum atomic E-state index is -3.96. The van der Waals surface area contributed by atoms with Crippen molar-refractivity contribution in [3.63, 3.8) is 0 Å². The van der Waals surface area contributed by atoms with Crippen molar-refractivity contribution in [2.75, 3.05) is 7.11 Å². The van der Waals surface area contributed by atoms with Gasteiger partial charge in [-0.2, -0.15) is 0 Å². The van der Waals surface area contributed by atoms with Crippen LogP contribution in [0.4, 0.5) is 0 Å². The Labute approximate surface area is 177 Å². The number of esters is 1. The third-order valence-electron chi connectivity index (χ3n) is 4.67. The first kappa shape index (κ1) is 20.2. The van der Waals surface area contributed by atoms with E-state index in [1.807, 2.05) is 0 Å². The molecule has 0 fully saturated rings. The van der Waals surface area contributed by atoms with Crippen molar-refractivity contribution in [3.05, 3.63) is 59.6 Å². The Morgan fingerprint density at radius 1 is 1.07 bits per heavy atom. The van der Waals surface area contributed by atoms with Crippen LogP contribution in [0.25, 0.3) is 22.1 Å². The summed E-state index contributed by atoms with van der Waals surface area (Å²) in [6.45, 7) is 0. The van der Waals surface area contributed by atoms with Crippen molar-refractivity contribution in [2.45, 2.75) is 24.2 Å². The zero-order valence-corrected chi connectivity index (χ0v) is 17.5. The van der Waals surface area contributed by atoms with Crippen molar-refractivity contribution in [3.8, 4) is 0 Å². The third kappa shape index (κ3) is 3.73. The molecule has 0 atom stereocenters. The van der Waals surface area contributed by atoms with E-state index in [2.05, 4.69) is 19.7 Å². The molecule has 0 N–H and O–H groups in total. The minimum Gasteiger partial charge on any atom is -0.469 e. The van der Waals surface area contributed by atoms with Gasteiger partial charge >= 0.3 is 5.97 Å². The average Bonchev–Trinajstić information content (AvgIpc) is 3.11. The quantitative estimate of drug-likeness (QED) is 0.331. The maximum atomic E-state index is 13.6. The number of hydrogen-bond donors (Lipinski definition) is 0. The lowest BCUT2D eigenvalue weighted by molar-refractivity contribution is -0.140. The minimum absolute atomic E-state index is 0.0807. The van der Waals surface area contributed by atoms with Gasteiger partial charge in [0.2, 0.25) is 0 Å². The number of aryl methyl sites for hydroxylation is 1. The fourth-order valence-electron chi connectivity index (χ4n) is 3.27. The van der Waals surface area contributed by atoms with Gasteiger partial charge in [0.1, 0.15) is 5.15 Å². The van der Waals surface area contributed by atoms with E-state index in [0.29, 0.717) is 40.6 Å². The second-order valence-corrected chi connectivity index (χ2v) is 8.75. The molecule has 154 valence electrons. The summed E-state index contributed by atoms with van der Waals surface area (Å²) in [7, 11) is -2.65. The van der Waals surface area contributed by atoms with E-state index in [0.717, 1.165) is 0 Å². The molecule has 3 heterocycles. The molecule has 0 aliphatic carbocycles. The van der Waals surface area contributed by atoms with Gasteiger partial charge in [-0.3, -0.25) is 14.8 Å². The van der Waals surface area contributed by atoms with Crippen LogP contribution < -0.4 is 0 Å². The first-order chi connectivity index (χ1) is 14.4. The van der Waals surface area contributed by atoms with Gasteiger partial charge in [0.15, 0.2) is 0 Å². The van der Waals surface area contributed by atoms with Crippen molar-refractivity contribution in [1.29, 1.82) is 0 Å². The van der Waals surface area contributed by atoms with Crippen molar-refractivity contribution >= 4 is 49.7 Å². The first-order valence-electron chi connectivity index (χ1n) is 9.10. The number of aromatic nitrogens is 4. The molecule has 0 aliphatic rings. The molecule has 30 heavy (non-hydrogen) atoms. The molecule has 4 aromatic rings. The molecular formula is C20H17ClN4O4S. The van der Waals surface area contributed by atoms with Gasteiger partial charge in [0, 0.05) is 24.5 Å². The largest absolute Gasteiger partial charge is 0.469 e. The van der Waals surface area contributed by atoms with Crippen LogP contribution in [0.5, 0.6) is 0 Å². The molecule has 3 aromatic heterocycles. The number of ether oxygens (including phenoxy) is 1. The molecule has 0 aliphatic heterocycles. The number of methoxy groups -OCH3 is 1. The smallest absolute Gasteiger partial charge is 0.305 e. The summed E-state index contributed by atoms with van der Waals surface area (Å²) in [6.07, 6.45) is 4.00. The van der Waals surface area contributed by atoms with Crippen LogP contribution in [0.2, 0.25) is 5.15 Å². The maximum absolute atomic E-state index is 13.6. The van der Waals surface area contributed by atoms with Crippen LogP contribution in [-0.2, 0) is 26.0 Å². The number of benzene rings is 1. The van der Waals surface area contributed by atoms with Gasteiger partial charge in [-0.25, -0.2) is 17.4 Å². The SMILES string of the molecule is COC(=O)CCCc1cc2nc(Cl)ccc2n1S(=O)(=O)c1ccc2nccnc2c1. The van der Waals surface area contributed by atoms with Gasteiger partial charge in [0.25, 0.3) is 10.0 Å². The fourth-order valence-corrected chi connectivity index (χ4v) is 5.01. The molecule has 0 spiro atoms. The lowest BCUT2D eigenvalue weighted by Gasteiger charge is -2.12. The van der Waals surface area contributed by atoms with E-state index in [-0.39, 0.29) is 22.4 Å². The molecule has 0 unspecified atom stereocenters. The van der Waals surface area contributed by atoms with Gasteiger partial charge in [-0.15, -0.1) is 0 Å². The second kappa shape index (κ2) is 8.00. The van der Waals surface area contributed by atoms with Crippen LogP contribution in [-0.4, -0.2) is 40.4 Å². The Bertz CT molecular complexity index is 1370. The lowest BCUT2D eigenvalue weighted by Crippen LogP contribution is -2.16. The third-order valence-corrected chi connectivity index (χ3v) is 6.64. The summed E-state index contributed by atoms with van der Waals surface area (Å²) in [6, 6.07) is 9.45. The van der Waals surface area contributed by atoms with Gasteiger partial charge < -0.3 is 4.74 Å². The van der Waals surface area contributed by atoms with Crippen LogP contribution in [0.1, 0.15) is 18.5 Å². The molecule has 0 bridgehead atoms. The highest BCUT2D eigenvalue weighted by Crippen LogP contribution is 2.28. The summed E-state index contributed by atoms with van der Waals surface area (Å²) in [5, 5.41) is 0.263. The Balaban J connectivity index is 1.83. The molecule has 0 amide bonds. The Morgan fingerprint density at radius 2 is 1.83 bits per heavy atom. The number of nitrogens with zero attached hydrogens (tertiary/aromatic N) is 4. The number of fused-ring (bicyclic) bond motifs is 2. The topological polar surface area (TPSA) is 104 Å². The maximum Gasteiger partial charge on any atom is 0.305 e. The highest BCUT2D eigenvalue weighted by atomic mass is 35.5. The zero-order chi connectivity index (χ0) is 21.3. The van der Waals surface area contributed by atoms with Crippen molar-refractivity contribution in [2.24, 2.45) is 0 Å². The normalized spacial score (nSPS) is 11.8. The summed E-state index contributed by atoms with van der Waals surface area (Å²) in [5.41, 5.74) is 2.44. The van der Waals surface area contributed by atoms with Crippen molar-refractivity contribution in [1.82, 2.24) is 18.9 Å². The molecular weight excluding hydrogens is 428 g/mol. The second-order valence-electron chi connectivity index (χ2n) is 6.58. The van der Waals surface area contributed by atoms with Crippen LogP contribution in [0.3, 0.4) is 0 Å². The summed E-state index contributed by atoms with van der Waals surface area (Å²) in [5.74, 6) is -0.352. The van der Waals surface area contributed by atoms with Crippen LogP contribution >= 0.6 is 11.6 Å². The van der Waals surface area contributed by atoms with Gasteiger partial charge in [0.05, 0.1) is 34.1 Å². The number of hydrogen-bond acceptors (Lipinski definition) is 7. The molecule has 4 rings (SSSR count). The molecule has 8 nitrogen and oxygen atoms in total. The number of carbonyl (C=O) groups excluding carboxylic acids is 1. The lowest BCUT2D eigenvalue weighted by atomic mass is 10.2. The molecule has 0 saturated carbocycles. The summed E-state index contributed by atoms with van der Waals surface area (Å²) >= 11 is 6.00. The highest BCUT2D eigenvalue weighted by molar-refractivity contribution is 7.90. The summed E-state index contributed by atoms with van der Waals surface area (Å²) < 4.78 is 33.1. The fraction of sp³-hybridized carbons (Fsp3) is 0.200. The van der Waals surface area contributed by atoms with E-state index in [9.17, 15) is 13.2 Å². The standard InChI is InChI=1S/C20H17ClN4O4S/c1-29-20(26)4-2-3-13-11-17-18(7-8-19(21)24-17)25(13)30(27,28)14-5-6-15-16(12-14)23-10-9-22-15/h5-12H,2-4H2,1H3. The van der Waals surface area contributed by atoms with Crippen LogP contribution in [0.15, 0.2) is 53.7 Å². The van der Waals surface area contributed by atoms with Crippen molar-refractivity contribution < 1.29 is 17.9 Å². The predicted octanol–water partition coefficient (Wildman–Crippen LogP) is 3.37. The van der Waals surface area contributed by atoms with E-state index >= 15 is 0 Å². The number of pyridine rings is 1. The molecule has 1 aromatic carbocycles. The first-order valence-corrected chi connectivity index (χ1v) is 10.9. The molecule has 10 heteroatoms. The van der Waals surface area contributed by atoms with E-state index in [1.165, 1.54) is 29.4 Å². The van der Waals surface area contributed by atoms with E-state index in [1.54, 1.807) is 30.5 Å². The molecule has 0 saturated heterocycles. The number of rotatable bonds is 6. The Hall–Kier alpha value is -3.04.